The van der Waals surface area contributed by atoms with Crippen LogP contribution in [-0.2, 0) is 11.3 Å². The highest BCUT2D eigenvalue weighted by atomic mass is 35.5. The van der Waals surface area contributed by atoms with E-state index in [1.807, 2.05) is 48.5 Å². The zero-order valence-electron chi connectivity index (χ0n) is 18.7. The first-order valence-corrected chi connectivity index (χ1v) is 12.5. The fourth-order valence-corrected chi connectivity index (χ4v) is 5.01. The third-order valence-corrected chi connectivity index (χ3v) is 7.10. The molecule has 1 fully saturated rings. The van der Waals surface area contributed by atoms with Crippen molar-refractivity contribution in [2.45, 2.75) is 6.61 Å². The maximum absolute atomic E-state index is 6.17. The normalized spacial score (nSPS) is 14.4. The molecule has 6 nitrogen and oxygen atoms in total. The van der Waals surface area contributed by atoms with Crippen molar-refractivity contribution in [1.29, 1.82) is 0 Å². The monoisotopic (exact) mass is 495 g/mol. The number of anilines is 1. The molecule has 3 heterocycles. The number of nitrogens with two attached hydrogens (primary N) is 1. The van der Waals surface area contributed by atoms with Crippen LogP contribution in [0.15, 0.2) is 60.1 Å². The molecular formula is C26H26ClN3O3S. The highest BCUT2D eigenvalue weighted by Crippen LogP contribution is 2.32. The molecule has 1 saturated heterocycles. The number of nitrogen functional groups attached to an aromatic ring is 1. The van der Waals surface area contributed by atoms with Crippen LogP contribution in [0.3, 0.4) is 0 Å². The number of nitrogens with zero attached hydrogens (tertiary/aromatic N) is 2. The first-order chi connectivity index (χ1) is 16.7. The lowest BCUT2D eigenvalue weighted by Gasteiger charge is -2.26. The number of aromatic nitrogens is 1. The number of thiophene rings is 1. The lowest BCUT2D eigenvalue weighted by molar-refractivity contribution is 0.0322. The van der Waals surface area contributed by atoms with Crippen molar-refractivity contribution in [3.63, 3.8) is 0 Å². The Morgan fingerprint density at radius 1 is 1.03 bits per heavy atom. The topological polar surface area (TPSA) is 69.8 Å². The molecule has 1 aliphatic heterocycles. The minimum Gasteiger partial charge on any atom is -0.492 e. The van der Waals surface area contributed by atoms with Crippen molar-refractivity contribution in [1.82, 2.24) is 9.88 Å². The first-order valence-electron chi connectivity index (χ1n) is 11.2. The molecule has 8 heteroatoms. The Morgan fingerprint density at radius 2 is 1.85 bits per heavy atom. The van der Waals surface area contributed by atoms with E-state index in [4.69, 9.17) is 31.5 Å². The zero-order valence-corrected chi connectivity index (χ0v) is 20.3. The van der Waals surface area contributed by atoms with Gasteiger partial charge < -0.3 is 19.9 Å². The summed E-state index contributed by atoms with van der Waals surface area (Å²) in [5, 5.41) is 3.90. The summed E-state index contributed by atoms with van der Waals surface area (Å²) in [4.78, 5) is 6.70. The highest BCUT2D eigenvalue weighted by molar-refractivity contribution is 7.17. The van der Waals surface area contributed by atoms with Crippen molar-refractivity contribution >= 4 is 38.8 Å². The van der Waals surface area contributed by atoms with E-state index in [0.717, 1.165) is 60.7 Å². The minimum absolute atomic E-state index is 0.365. The number of benzene rings is 2. The van der Waals surface area contributed by atoms with E-state index in [9.17, 15) is 0 Å². The highest BCUT2D eigenvalue weighted by Gasteiger charge is 2.11. The summed E-state index contributed by atoms with van der Waals surface area (Å²) in [5.41, 5.74) is 9.12. The second-order valence-corrected chi connectivity index (χ2v) is 9.47. The van der Waals surface area contributed by atoms with E-state index in [1.54, 1.807) is 17.5 Å². The van der Waals surface area contributed by atoms with E-state index >= 15 is 0 Å². The van der Waals surface area contributed by atoms with E-state index in [2.05, 4.69) is 15.3 Å². The lowest BCUT2D eigenvalue weighted by atomic mass is 10.1. The van der Waals surface area contributed by atoms with Crippen LogP contribution in [0.25, 0.3) is 21.2 Å². The lowest BCUT2D eigenvalue weighted by Crippen LogP contribution is -2.38. The van der Waals surface area contributed by atoms with E-state index < -0.39 is 0 Å². The van der Waals surface area contributed by atoms with Crippen LogP contribution < -0.4 is 15.2 Å². The van der Waals surface area contributed by atoms with Crippen LogP contribution in [0.4, 0.5) is 5.82 Å². The Kier molecular flexibility index (Phi) is 7.16. The molecule has 0 spiro atoms. The third-order valence-electron chi connectivity index (χ3n) is 5.85. The molecule has 2 N–H and O–H groups in total. The molecule has 0 radical (unpaired) electrons. The van der Waals surface area contributed by atoms with Crippen molar-refractivity contribution in [2.24, 2.45) is 0 Å². The van der Waals surface area contributed by atoms with Crippen molar-refractivity contribution in [2.75, 3.05) is 45.2 Å². The second-order valence-electron chi connectivity index (χ2n) is 8.12. The molecule has 0 aliphatic carbocycles. The van der Waals surface area contributed by atoms with Crippen LogP contribution >= 0.6 is 22.9 Å². The van der Waals surface area contributed by atoms with Crippen molar-refractivity contribution in [3.05, 3.63) is 70.7 Å². The van der Waals surface area contributed by atoms with Gasteiger partial charge in [0.2, 0.25) is 0 Å². The summed E-state index contributed by atoms with van der Waals surface area (Å²) < 4.78 is 18.5. The average molecular weight is 496 g/mol. The molecule has 176 valence electrons. The molecule has 1 aliphatic rings. The van der Waals surface area contributed by atoms with Crippen LogP contribution in [-0.4, -0.2) is 49.3 Å². The fraction of sp³-hybridized carbons (Fsp3) is 0.269. The Morgan fingerprint density at radius 3 is 2.68 bits per heavy atom. The van der Waals surface area contributed by atoms with Gasteiger partial charge in [-0.2, -0.15) is 0 Å². The van der Waals surface area contributed by atoms with Gasteiger partial charge in [0.1, 0.15) is 19.0 Å². The first kappa shape index (κ1) is 22.9. The molecule has 2 aromatic carbocycles. The van der Waals surface area contributed by atoms with E-state index in [0.29, 0.717) is 29.8 Å². The standard InChI is InChI=1S/C26H26ClN3O3S/c27-21-3-6-25-23(14-21)20(17-34-25)16-33-24-13-19(15-29-26(24)28)18-1-4-22(5-2-18)32-12-9-30-7-10-31-11-8-30/h1-6,13-15,17H,7-12,16H2,(H2,28,29). The average Bonchev–Trinajstić information content (AvgIpc) is 3.26. The molecular weight excluding hydrogens is 470 g/mol. The van der Waals surface area contributed by atoms with Crippen LogP contribution in [0.5, 0.6) is 11.5 Å². The number of halogens is 1. The van der Waals surface area contributed by atoms with Gasteiger partial charge in [0.25, 0.3) is 0 Å². The maximum atomic E-state index is 6.17. The second kappa shape index (κ2) is 10.6. The van der Waals surface area contributed by atoms with Gasteiger partial charge >= 0.3 is 0 Å². The molecule has 4 aromatic rings. The van der Waals surface area contributed by atoms with Crippen molar-refractivity contribution in [3.8, 4) is 22.6 Å². The number of rotatable bonds is 8. The van der Waals surface area contributed by atoms with E-state index in [-0.39, 0.29) is 0 Å². The van der Waals surface area contributed by atoms with Gasteiger partial charge in [-0.25, -0.2) is 4.98 Å². The number of hydrogen-bond donors (Lipinski definition) is 1. The number of ether oxygens (including phenoxy) is 3. The number of pyridine rings is 1. The molecule has 5 rings (SSSR count). The zero-order chi connectivity index (χ0) is 23.3. The van der Waals surface area contributed by atoms with Gasteiger partial charge in [0.15, 0.2) is 11.6 Å². The molecule has 0 unspecified atom stereocenters. The maximum Gasteiger partial charge on any atom is 0.166 e. The fourth-order valence-electron chi connectivity index (χ4n) is 3.91. The Labute approximate surface area is 207 Å². The van der Waals surface area contributed by atoms with Gasteiger partial charge in [0.05, 0.1) is 13.2 Å². The van der Waals surface area contributed by atoms with E-state index in [1.165, 1.54) is 4.70 Å². The Hall–Kier alpha value is -2.84. The molecule has 34 heavy (non-hydrogen) atoms. The predicted molar refractivity (Wildman–Crippen MR) is 138 cm³/mol. The van der Waals surface area contributed by atoms with Gasteiger partial charge in [0, 0.05) is 52.1 Å². The quantitative estimate of drug-likeness (QED) is 0.348. The predicted octanol–water partition coefficient (Wildman–Crippen LogP) is 5.49. The Balaban J connectivity index is 1.22. The Bertz CT molecular complexity index is 1260. The minimum atomic E-state index is 0.365. The summed E-state index contributed by atoms with van der Waals surface area (Å²) >= 11 is 7.84. The summed E-state index contributed by atoms with van der Waals surface area (Å²) in [6, 6.07) is 15.8. The van der Waals surface area contributed by atoms with Gasteiger partial charge in [-0.1, -0.05) is 23.7 Å². The molecule has 0 bridgehead atoms. The summed E-state index contributed by atoms with van der Waals surface area (Å²) in [6.07, 6.45) is 1.76. The number of fused-ring (bicyclic) bond motifs is 1. The molecule has 0 amide bonds. The molecule has 0 atom stereocenters. The summed E-state index contributed by atoms with van der Waals surface area (Å²) in [7, 11) is 0. The molecule has 0 saturated carbocycles. The molecule has 2 aromatic heterocycles. The van der Waals surface area contributed by atoms with Crippen LogP contribution in [0, 0.1) is 0 Å². The van der Waals surface area contributed by atoms with Gasteiger partial charge in [-0.15, -0.1) is 11.3 Å². The smallest absolute Gasteiger partial charge is 0.166 e. The largest absolute Gasteiger partial charge is 0.492 e. The SMILES string of the molecule is Nc1ncc(-c2ccc(OCCN3CCOCC3)cc2)cc1OCc1csc2ccc(Cl)cc12. The number of morpholine rings is 1. The van der Waals surface area contributed by atoms with Crippen molar-refractivity contribution < 1.29 is 14.2 Å². The number of hydrogen-bond acceptors (Lipinski definition) is 7. The third kappa shape index (κ3) is 5.45. The summed E-state index contributed by atoms with van der Waals surface area (Å²) in [5.74, 6) is 1.77. The van der Waals surface area contributed by atoms with Crippen LogP contribution in [0.2, 0.25) is 5.02 Å². The summed E-state index contributed by atoms with van der Waals surface area (Å²) in [6.45, 7) is 5.48. The van der Waals surface area contributed by atoms with Gasteiger partial charge in [-0.3, -0.25) is 4.90 Å². The van der Waals surface area contributed by atoms with Crippen LogP contribution in [0.1, 0.15) is 5.56 Å². The van der Waals surface area contributed by atoms with Gasteiger partial charge in [-0.05, 0) is 47.3 Å².